The largest absolute Gasteiger partial charge is 0.489 e. The molecule has 4 N–H and O–H groups in total. The van der Waals surface area contributed by atoms with Gasteiger partial charge in [0.1, 0.15) is 11.9 Å². The van der Waals surface area contributed by atoms with Gasteiger partial charge in [-0.2, -0.15) is 0 Å². The molecule has 212 valence electrons. The first-order valence-corrected chi connectivity index (χ1v) is 14.3. The zero-order valence-corrected chi connectivity index (χ0v) is 24.1. The van der Waals surface area contributed by atoms with E-state index >= 15 is 0 Å². The number of amides is 1. The first kappa shape index (κ1) is 27.9. The highest BCUT2D eigenvalue weighted by Gasteiger charge is 2.64. The lowest BCUT2D eigenvalue weighted by atomic mass is 9.49. The molecular weight excluding hydrogens is 516 g/mol. The minimum absolute atomic E-state index is 0.106. The van der Waals surface area contributed by atoms with E-state index in [1.54, 1.807) is 24.5 Å². The number of aromatic nitrogens is 2. The van der Waals surface area contributed by atoms with Gasteiger partial charge in [-0.25, -0.2) is 9.97 Å². The number of piperidine rings is 1. The van der Waals surface area contributed by atoms with Crippen molar-refractivity contribution in [1.82, 2.24) is 20.2 Å². The number of halogens is 1. The van der Waals surface area contributed by atoms with E-state index < -0.39 is 0 Å². The van der Waals surface area contributed by atoms with E-state index in [1.165, 1.54) is 6.42 Å². The summed E-state index contributed by atoms with van der Waals surface area (Å²) in [5.74, 6) is 1.85. The molecule has 2 saturated heterocycles. The average molecular weight is 557 g/mol. The second-order valence-electron chi connectivity index (χ2n) is 12.6. The first-order chi connectivity index (χ1) is 18.4. The highest BCUT2D eigenvalue weighted by molar-refractivity contribution is 6.33. The summed E-state index contributed by atoms with van der Waals surface area (Å²) in [7, 11) is 0. The second kappa shape index (κ2) is 10.7. The van der Waals surface area contributed by atoms with Gasteiger partial charge >= 0.3 is 0 Å². The number of rotatable bonds is 8. The van der Waals surface area contributed by atoms with Crippen molar-refractivity contribution in [2.24, 2.45) is 16.7 Å². The number of anilines is 2. The van der Waals surface area contributed by atoms with Crippen LogP contribution < -0.4 is 20.7 Å². The normalized spacial score (nSPS) is 25.0. The summed E-state index contributed by atoms with van der Waals surface area (Å²) in [6.45, 7) is 12.9. The molecule has 10 heteroatoms. The van der Waals surface area contributed by atoms with Gasteiger partial charge in [-0.05, 0) is 43.9 Å². The number of nitrogen functional groups attached to an aromatic ring is 1. The number of hydrogen-bond acceptors (Lipinski definition) is 8. The smallest absolute Gasteiger partial charge is 0.254 e. The molecule has 0 bridgehead atoms. The quantitative estimate of drug-likeness (QED) is 0.422. The number of hydrogen-bond donors (Lipinski definition) is 3. The first-order valence-electron chi connectivity index (χ1n) is 13.9. The van der Waals surface area contributed by atoms with E-state index in [1.807, 2.05) is 6.07 Å². The van der Waals surface area contributed by atoms with Gasteiger partial charge in [0.05, 0.1) is 22.4 Å². The van der Waals surface area contributed by atoms with Crippen LogP contribution in [-0.2, 0) is 0 Å². The maximum atomic E-state index is 13.2. The van der Waals surface area contributed by atoms with Gasteiger partial charge in [0.15, 0.2) is 0 Å². The summed E-state index contributed by atoms with van der Waals surface area (Å²) in [4.78, 5) is 26.8. The summed E-state index contributed by atoms with van der Waals surface area (Å²) >= 11 is 6.18. The van der Waals surface area contributed by atoms with Crippen LogP contribution in [0.4, 0.5) is 11.6 Å². The molecule has 2 aromatic rings. The van der Waals surface area contributed by atoms with Crippen molar-refractivity contribution >= 4 is 29.1 Å². The Bertz CT molecular complexity index is 1160. The Hall–Kier alpha value is -2.62. The maximum Gasteiger partial charge on any atom is 0.254 e. The standard InChI is InChI=1S/C29H41ClN6O3/c1-28(2)25(29(3,4)26(28)39-21-5-6-23(31)22(30)13-21)34-24(38)19-14-32-27(33-15-19)36-11-8-18(9-12-36)7-10-35-16-20(37)17-35/h5-6,13-15,18,20,25-26,37H,7-12,16-17,31H2,1-4H3,(H,34,38). The fraction of sp³-hybridized carbons (Fsp3) is 0.621. The molecule has 1 aromatic heterocycles. The van der Waals surface area contributed by atoms with E-state index in [9.17, 15) is 9.90 Å². The summed E-state index contributed by atoms with van der Waals surface area (Å²) < 4.78 is 6.33. The lowest BCUT2D eigenvalue weighted by Crippen LogP contribution is -2.74. The zero-order chi connectivity index (χ0) is 27.9. The Balaban J connectivity index is 1.13. The molecule has 1 amide bonds. The van der Waals surface area contributed by atoms with Gasteiger partial charge < -0.3 is 25.8 Å². The van der Waals surface area contributed by atoms with Crippen LogP contribution in [0.3, 0.4) is 0 Å². The minimum atomic E-state index is -0.312. The number of carbonyl (C=O) groups excluding carboxylic acids is 1. The lowest BCUT2D eigenvalue weighted by Gasteiger charge is -2.63. The third-order valence-corrected chi connectivity index (χ3v) is 9.26. The van der Waals surface area contributed by atoms with Crippen molar-refractivity contribution in [3.63, 3.8) is 0 Å². The molecule has 0 radical (unpaired) electrons. The van der Waals surface area contributed by atoms with Crippen LogP contribution in [0.25, 0.3) is 0 Å². The number of nitrogens with zero attached hydrogens (tertiary/aromatic N) is 4. The molecular formula is C29H41ClN6O3. The molecule has 0 unspecified atom stereocenters. The lowest BCUT2D eigenvalue weighted by molar-refractivity contribution is -0.164. The molecule has 1 aromatic carbocycles. The Kier molecular flexibility index (Phi) is 7.70. The van der Waals surface area contributed by atoms with Crippen molar-refractivity contribution in [2.45, 2.75) is 65.2 Å². The monoisotopic (exact) mass is 556 g/mol. The van der Waals surface area contributed by atoms with Gasteiger partial charge in [-0.1, -0.05) is 39.3 Å². The Morgan fingerprint density at radius 1 is 1.15 bits per heavy atom. The fourth-order valence-corrected chi connectivity index (χ4v) is 7.02. The Morgan fingerprint density at radius 2 is 1.79 bits per heavy atom. The SMILES string of the molecule is CC1(C)C(NC(=O)c2cnc(N3CCC(CCN4CC(O)C4)CC3)nc2)C(C)(C)C1Oc1ccc(N)c(Cl)c1. The average Bonchev–Trinajstić information content (AvgIpc) is 2.89. The van der Waals surface area contributed by atoms with Crippen molar-refractivity contribution < 1.29 is 14.6 Å². The van der Waals surface area contributed by atoms with Gasteiger partial charge in [0, 0.05) is 61.5 Å². The van der Waals surface area contributed by atoms with Crippen molar-refractivity contribution in [3.8, 4) is 5.75 Å². The molecule has 2 aliphatic heterocycles. The predicted molar refractivity (Wildman–Crippen MR) is 153 cm³/mol. The molecule has 39 heavy (non-hydrogen) atoms. The Morgan fingerprint density at radius 3 is 2.38 bits per heavy atom. The minimum Gasteiger partial charge on any atom is -0.489 e. The number of β-amino-alcohol motifs (C(OH)–C–C–N with tert-alkyl or cyclic N) is 1. The highest BCUT2D eigenvalue weighted by atomic mass is 35.5. The topological polar surface area (TPSA) is 117 Å². The van der Waals surface area contributed by atoms with Crippen LogP contribution in [0.1, 0.15) is 57.3 Å². The Labute approximate surface area is 236 Å². The zero-order valence-electron chi connectivity index (χ0n) is 23.4. The molecule has 9 nitrogen and oxygen atoms in total. The van der Waals surface area contributed by atoms with Crippen LogP contribution in [0.5, 0.6) is 5.75 Å². The summed E-state index contributed by atoms with van der Waals surface area (Å²) in [5.41, 5.74) is 6.18. The van der Waals surface area contributed by atoms with Gasteiger partial charge in [0.25, 0.3) is 5.91 Å². The molecule has 0 atom stereocenters. The molecule has 1 aliphatic carbocycles. The third kappa shape index (κ3) is 5.67. The van der Waals surface area contributed by atoms with E-state index in [-0.39, 0.29) is 35.0 Å². The van der Waals surface area contributed by atoms with E-state index in [2.05, 4.69) is 52.8 Å². The summed E-state index contributed by atoms with van der Waals surface area (Å²) in [6, 6.07) is 5.18. The molecule has 5 rings (SSSR count). The van der Waals surface area contributed by atoms with E-state index in [0.29, 0.717) is 33.9 Å². The van der Waals surface area contributed by atoms with E-state index in [0.717, 1.165) is 45.6 Å². The van der Waals surface area contributed by atoms with Gasteiger partial charge in [-0.15, -0.1) is 0 Å². The third-order valence-electron chi connectivity index (χ3n) is 8.93. The molecule has 3 heterocycles. The summed E-state index contributed by atoms with van der Waals surface area (Å²) in [5, 5.41) is 13.1. The van der Waals surface area contributed by atoms with Crippen LogP contribution in [0.2, 0.25) is 5.02 Å². The number of likely N-dealkylation sites (tertiary alicyclic amines) is 1. The highest BCUT2D eigenvalue weighted by Crippen LogP contribution is 2.55. The predicted octanol–water partition coefficient (Wildman–Crippen LogP) is 3.61. The number of benzene rings is 1. The number of nitrogens with one attached hydrogen (secondary N) is 1. The van der Waals surface area contributed by atoms with Crippen LogP contribution in [0, 0.1) is 16.7 Å². The van der Waals surface area contributed by atoms with Crippen LogP contribution in [-0.4, -0.2) is 76.9 Å². The number of nitrogens with two attached hydrogens (primary N) is 1. The number of aliphatic hydroxyl groups excluding tert-OH is 1. The maximum absolute atomic E-state index is 13.2. The molecule has 3 aliphatic rings. The fourth-order valence-electron chi connectivity index (χ4n) is 6.85. The van der Waals surface area contributed by atoms with Gasteiger partial charge in [-0.3, -0.25) is 9.69 Å². The molecule has 3 fully saturated rings. The van der Waals surface area contributed by atoms with E-state index in [4.69, 9.17) is 22.1 Å². The number of carbonyl (C=O) groups is 1. The summed E-state index contributed by atoms with van der Waals surface area (Å²) in [6.07, 6.45) is 6.39. The number of aliphatic hydroxyl groups is 1. The van der Waals surface area contributed by atoms with Crippen molar-refractivity contribution in [3.05, 3.63) is 41.2 Å². The van der Waals surface area contributed by atoms with Gasteiger partial charge in [0.2, 0.25) is 5.95 Å². The molecule has 0 spiro atoms. The van der Waals surface area contributed by atoms with Crippen molar-refractivity contribution in [1.29, 1.82) is 0 Å². The second-order valence-corrected chi connectivity index (χ2v) is 13.0. The van der Waals surface area contributed by atoms with Crippen molar-refractivity contribution in [2.75, 3.05) is 43.4 Å². The van der Waals surface area contributed by atoms with Crippen LogP contribution >= 0.6 is 11.6 Å². The molecule has 1 saturated carbocycles. The van der Waals surface area contributed by atoms with Crippen LogP contribution in [0.15, 0.2) is 30.6 Å². The number of ether oxygens (including phenoxy) is 1.